The van der Waals surface area contributed by atoms with Gasteiger partial charge in [-0.1, -0.05) is 66.3 Å². The van der Waals surface area contributed by atoms with E-state index in [1.165, 1.54) is 27.3 Å². The molecule has 6 atom stereocenters. The topological polar surface area (TPSA) is 46.6 Å². The Hall–Kier alpha value is -2.88. The first-order valence-corrected chi connectivity index (χ1v) is 11.5. The monoisotopic (exact) mass is 413 g/mol. The minimum Gasteiger partial charge on any atom is -0.338 e. The molecule has 6 rings (SSSR count). The van der Waals surface area contributed by atoms with E-state index >= 15 is 0 Å². The molecule has 1 aromatic rings. The fourth-order valence-electron chi connectivity index (χ4n) is 6.71. The number of fused-ring (bicyclic) bond motifs is 7. The molecule has 1 saturated carbocycles. The summed E-state index contributed by atoms with van der Waals surface area (Å²) < 4.78 is 0. The molecule has 1 aliphatic heterocycles. The minimum atomic E-state index is -0.299. The van der Waals surface area contributed by atoms with Crippen molar-refractivity contribution in [3.63, 3.8) is 0 Å². The Morgan fingerprint density at radius 2 is 2.00 bits per heavy atom. The smallest absolute Gasteiger partial charge is 0.332 e. The maximum atomic E-state index is 13.0. The number of hydrogen-bond donors (Lipinski definition) is 0. The van der Waals surface area contributed by atoms with E-state index in [0.717, 1.165) is 12.8 Å². The van der Waals surface area contributed by atoms with Gasteiger partial charge in [-0.3, -0.25) is 4.79 Å². The zero-order chi connectivity index (χ0) is 21.1. The van der Waals surface area contributed by atoms with Crippen LogP contribution in [-0.2, 0) is 14.4 Å². The maximum Gasteiger partial charge on any atom is 0.332 e. The van der Waals surface area contributed by atoms with E-state index in [0.29, 0.717) is 24.7 Å². The molecule has 1 heterocycles. The molecule has 1 amide bonds. The second-order valence-corrected chi connectivity index (χ2v) is 9.53. The lowest BCUT2D eigenvalue weighted by atomic mass is 9.82. The molecular weight excluding hydrogens is 386 g/mol. The van der Waals surface area contributed by atoms with E-state index in [9.17, 15) is 9.59 Å². The summed E-state index contributed by atoms with van der Waals surface area (Å²) >= 11 is 0. The summed E-state index contributed by atoms with van der Waals surface area (Å²) in [6, 6.07) is 8.45. The van der Waals surface area contributed by atoms with E-state index in [2.05, 4.69) is 60.7 Å². The first-order valence-electron chi connectivity index (χ1n) is 11.5. The molecule has 2 unspecified atom stereocenters. The zero-order valence-corrected chi connectivity index (χ0v) is 17.7. The van der Waals surface area contributed by atoms with E-state index in [-0.39, 0.29) is 35.7 Å². The number of amides is 1. The normalized spacial score (nSPS) is 34.2. The lowest BCUT2D eigenvalue weighted by Gasteiger charge is -2.25. The molecule has 4 aliphatic carbocycles. The van der Waals surface area contributed by atoms with Crippen molar-refractivity contribution in [2.45, 2.75) is 44.6 Å². The predicted octanol–water partition coefficient (Wildman–Crippen LogP) is 4.96. The average Bonchev–Trinajstić information content (AvgIpc) is 3.47. The largest absolute Gasteiger partial charge is 0.338 e. The maximum absolute atomic E-state index is 13.0. The number of carbonyl (C=O) groups is 2. The lowest BCUT2D eigenvalue weighted by molar-refractivity contribution is -0.202. The van der Waals surface area contributed by atoms with Gasteiger partial charge in [0.2, 0.25) is 0 Å². The van der Waals surface area contributed by atoms with Crippen molar-refractivity contribution >= 4 is 17.4 Å². The van der Waals surface area contributed by atoms with Gasteiger partial charge in [0, 0.05) is 18.3 Å². The molecule has 5 aliphatic rings. The van der Waals surface area contributed by atoms with Gasteiger partial charge in [0.1, 0.15) is 0 Å². The predicted molar refractivity (Wildman–Crippen MR) is 118 cm³/mol. The third kappa shape index (κ3) is 2.80. The van der Waals surface area contributed by atoms with Crippen molar-refractivity contribution in [2.24, 2.45) is 23.7 Å². The van der Waals surface area contributed by atoms with Gasteiger partial charge < -0.3 is 4.84 Å². The Morgan fingerprint density at radius 3 is 2.87 bits per heavy atom. The molecule has 158 valence electrons. The second kappa shape index (κ2) is 7.08. The van der Waals surface area contributed by atoms with Gasteiger partial charge >= 0.3 is 5.97 Å². The lowest BCUT2D eigenvalue weighted by Crippen LogP contribution is -2.37. The van der Waals surface area contributed by atoms with Gasteiger partial charge in [0.05, 0.1) is 12.0 Å². The standard InChI is InChI=1S/C27H27NO3/c1-16-25-17-11-12-18(15-17)26(25)27(30)28(16)31-24(29)14-13-23-21-8-4-2-3-7-19(21)20-9-5-6-10-22(20)23/h2-7,9-12,16-18,23,25-26H,8,13-15H2,1H3/t16?,17-,18-,23?,25+,26-/m0/s1. The van der Waals surface area contributed by atoms with Crippen molar-refractivity contribution < 1.29 is 14.4 Å². The Morgan fingerprint density at radius 1 is 1.16 bits per heavy atom. The third-order valence-electron chi connectivity index (χ3n) is 8.03. The van der Waals surface area contributed by atoms with Gasteiger partial charge in [-0.25, -0.2) is 4.79 Å². The fourth-order valence-corrected chi connectivity index (χ4v) is 6.71. The van der Waals surface area contributed by atoms with Crippen LogP contribution < -0.4 is 0 Å². The van der Waals surface area contributed by atoms with Crippen LogP contribution in [0.5, 0.6) is 0 Å². The van der Waals surface area contributed by atoms with E-state index in [1.54, 1.807) is 0 Å². The number of rotatable bonds is 4. The highest BCUT2D eigenvalue weighted by atomic mass is 16.7. The van der Waals surface area contributed by atoms with Crippen molar-refractivity contribution in [1.82, 2.24) is 5.06 Å². The summed E-state index contributed by atoms with van der Waals surface area (Å²) in [6.45, 7) is 2.03. The Bertz CT molecular complexity index is 1080. The van der Waals surface area contributed by atoms with Crippen molar-refractivity contribution in [3.05, 3.63) is 77.4 Å². The minimum absolute atomic E-state index is 0.00190. The Labute approximate surface area is 182 Å². The molecule has 0 aromatic heterocycles. The summed E-state index contributed by atoms with van der Waals surface area (Å²) in [7, 11) is 0. The molecule has 0 radical (unpaired) electrons. The second-order valence-electron chi connectivity index (χ2n) is 9.53. The number of allylic oxidation sites excluding steroid dienone is 8. The quantitative estimate of drug-likeness (QED) is 0.656. The van der Waals surface area contributed by atoms with Crippen LogP contribution in [0.3, 0.4) is 0 Å². The first-order chi connectivity index (χ1) is 15.1. The summed E-state index contributed by atoms with van der Waals surface area (Å²) in [6.07, 6.45) is 16.0. The van der Waals surface area contributed by atoms with Crippen LogP contribution in [0.15, 0.2) is 66.3 Å². The van der Waals surface area contributed by atoms with Crippen LogP contribution in [0.2, 0.25) is 0 Å². The number of hydroxylamine groups is 2. The molecule has 31 heavy (non-hydrogen) atoms. The van der Waals surface area contributed by atoms with Gasteiger partial charge in [-0.2, -0.15) is 5.06 Å². The highest BCUT2D eigenvalue weighted by Crippen LogP contribution is 2.54. The van der Waals surface area contributed by atoms with Crippen LogP contribution in [0.25, 0.3) is 5.57 Å². The molecular formula is C27H27NO3. The van der Waals surface area contributed by atoms with E-state index in [1.807, 2.05) is 6.92 Å². The van der Waals surface area contributed by atoms with Crippen LogP contribution >= 0.6 is 0 Å². The van der Waals surface area contributed by atoms with Crippen LogP contribution in [0.1, 0.15) is 49.7 Å². The number of hydrogen-bond acceptors (Lipinski definition) is 3. The molecule has 2 fully saturated rings. The van der Waals surface area contributed by atoms with Crippen LogP contribution in [-0.4, -0.2) is 23.0 Å². The van der Waals surface area contributed by atoms with Crippen LogP contribution in [0.4, 0.5) is 0 Å². The van der Waals surface area contributed by atoms with Crippen molar-refractivity contribution in [2.75, 3.05) is 0 Å². The van der Waals surface area contributed by atoms with Gasteiger partial charge in [-0.15, -0.1) is 0 Å². The summed E-state index contributed by atoms with van der Waals surface area (Å²) in [4.78, 5) is 31.5. The molecule has 2 bridgehead atoms. The van der Waals surface area contributed by atoms with Crippen molar-refractivity contribution in [3.8, 4) is 0 Å². The molecule has 0 spiro atoms. The third-order valence-corrected chi connectivity index (χ3v) is 8.03. The summed E-state index contributed by atoms with van der Waals surface area (Å²) in [5.41, 5.74) is 5.23. The molecule has 4 nitrogen and oxygen atoms in total. The van der Waals surface area contributed by atoms with E-state index in [4.69, 9.17) is 4.84 Å². The van der Waals surface area contributed by atoms with Gasteiger partial charge in [-0.05, 0) is 54.7 Å². The van der Waals surface area contributed by atoms with Crippen LogP contribution in [0, 0.1) is 23.7 Å². The van der Waals surface area contributed by atoms with Crippen molar-refractivity contribution in [1.29, 1.82) is 0 Å². The zero-order valence-electron chi connectivity index (χ0n) is 17.7. The fraction of sp³-hybridized carbons (Fsp3) is 0.407. The van der Waals surface area contributed by atoms with Gasteiger partial charge in [0.25, 0.3) is 5.91 Å². The van der Waals surface area contributed by atoms with Gasteiger partial charge in [0.15, 0.2) is 0 Å². The SMILES string of the molecule is CC1[C@H]2[C@@H](C(=O)N1OC(=O)CCC1C3=C(C=CC=CC3)c3ccccc31)[C@H]1C=C[C@H]2C1. The molecule has 1 aromatic carbocycles. The summed E-state index contributed by atoms with van der Waals surface area (Å²) in [5, 5.41) is 1.40. The summed E-state index contributed by atoms with van der Waals surface area (Å²) in [5.74, 6) is 0.979. The highest BCUT2D eigenvalue weighted by molar-refractivity contribution is 5.86. The molecule has 1 saturated heterocycles. The molecule has 0 N–H and O–H groups in total. The number of carbonyl (C=O) groups excluding carboxylic acids is 2. The molecule has 4 heteroatoms. The first kappa shape index (κ1) is 18.9. The number of benzene rings is 1. The Balaban J connectivity index is 1.16. The average molecular weight is 414 g/mol. The highest BCUT2D eigenvalue weighted by Gasteiger charge is 2.59. The Kier molecular flexibility index (Phi) is 4.31. The van der Waals surface area contributed by atoms with E-state index < -0.39 is 0 Å². The number of nitrogens with zero attached hydrogens (tertiary/aromatic N) is 1.